The third-order valence-electron chi connectivity index (χ3n) is 3.93. The minimum atomic E-state index is -0.404. The minimum absolute atomic E-state index is 0.246. The molecule has 0 radical (unpaired) electrons. The Bertz CT molecular complexity index is 355. The van der Waals surface area contributed by atoms with Crippen LogP contribution in [0, 0.1) is 0 Å². The molecule has 1 saturated heterocycles. The van der Waals surface area contributed by atoms with Crippen molar-refractivity contribution < 1.29 is 9.84 Å². The predicted octanol–water partition coefficient (Wildman–Crippen LogP) is 2.69. The molecule has 1 aliphatic heterocycles. The van der Waals surface area contributed by atoms with Crippen LogP contribution in [0.5, 0.6) is 5.75 Å². The quantitative estimate of drug-likeness (QED) is 0.886. The molecule has 1 heterocycles. The number of aliphatic hydroxyl groups excluding tert-OH is 1. The molecule has 1 aromatic rings. The number of benzene rings is 1. The zero-order valence-electron chi connectivity index (χ0n) is 11.8. The van der Waals surface area contributed by atoms with Gasteiger partial charge in [-0.1, -0.05) is 38.0 Å². The van der Waals surface area contributed by atoms with Crippen LogP contribution in [0.15, 0.2) is 30.3 Å². The van der Waals surface area contributed by atoms with Crippen LogP contribution >= 0.6 is 0 Å². The van der Waals surface area contributed by atoms with Gasteiger partial charge in [-0.15, -0.1) is 0 Å². The van der Waals surface area contributed by atoms with Gasteiger partial charge in [-0.25, -0.2) is 0 Å². The van der Waals surface area contributed by atoms with Gasteiger partial charge in [-0.05, 0) is 38.1 Å². The Balaban J connectivity index is 1.88. The van der Waals surface area contributed by atoms with Gasteiger partial charge >= 0.3 is 0 Å². The van der Waals surface area contributed by atoms with E-state index in [2.05, 4.69) is 11.8 Å². The zero-order chi connectivity index (χ0) is 13.5. The van der Waals surface area contributed by atoms with Crippen molar-refractivity contribution in [2.75, 3.05) is 19.7 Å². The maximum Gasteiger partial charge on any atom is 0.119 e. The SMILES string of the molecule is CCN1CCCCCC1C(O)COc1ccccc1. The van der Waals surface area contributed by atoms with Gasteiger partial charge in [0.15, 0.2) is 0 Å². The Morgan fingerprint density at radius 2 is 2.05 bits per heavy atom. The highest BCUT2D eigenvalue weighted by Gasteiger charge is 2.26. The van der Waals surface area contributed by atoms with Gasteiger partial charge in [0, 0.05) is 6.04 Å². The van der Waals surface area contributed by atoms with E-state index < -0.39 is 6.10 Å². The Morgan fingerprint density at radius 3 is 2.79 bits per heavy atom. The highest BCUT2D eigenvalue weighted by atomic mass is 16.5. The van der Waals surface area contributed by atoms with Gasteiger partial charge in [0.05, 0.1) is 0 Å². The normalized spacial score (nSPS) is 22.7. The number of hydrogen-bond acceptors (Lipinski definition) is 3. The molecule has 3 nitrogen and oxygen atoms in total. The molecule has 2 atom stereocenters. The molecule has 2 unspecified atom stereocenters. The first-order chi connectivity index (χ1) is 9.31. The summed E-state index contributed by atoms with van der Waals surface area (Å²) in [6, 6.07) is 9.97. The largest absolute Gasteiger partial charge is 0.491 e. The van der Waals surface area contributed by atoms with Crippen LogP contribution < -0.4 is 4.74 Å². The molecule has 106 valence electrons. The van der Waals surface area contributed by atoms with Crippen molar-refractivity contribution in [3.05, 3.63) is 30.3 Å². The molecule has 2 rings (SSSR count). The Kier molecular flexibility index (Phi) is 5.67. The van der Waals surface area contributed by atoms with E-state index in [0.717, 1.165) is 25.3 Å². The highest BCUT2D eigenvalue weighted by molar-refractivity contribution is 5.20. The number of hydrogen-bond donors (Lipinski definition) is 1. The van der Waals surface area contributed by atoms with Crippen LogP contribution in [0.4, 0.5) is 0 Å². The Morgan fingerprint density at radius 1 is 1.26 bits per heavy atom. The molecule has 0 aromatic heterocycles. The smallest absolute Gasteiger partial charge is 0.119 e. The molecule has 0 saturated carbocycles. The number of para-hydroxylation sites is 1. The summed E-state index contributed by atoms with van der Waals surface area (Å²) in [4.78, 5) is 2.39. The van der Waals surface area contributed by atoms with Crippen molar-refractivity contribution in [3.8, 4) is 5.75 Å². The maximum atomic E-state index is 10.4. The second kappa shape index (κ2) is 7.51. The second-order valence-corrected chi connectivity index (χ2v) is 5.24. The van der Waals surface area contributed by atoms with Crippen LogP contribution in [0.25, 0.3) is 0 Å². The summed E-state index contributed by atoms with van der Waals surface area (Å²) in [5.41, 5.74) is 0. The van der Waals surface area contributed by atoms with E-state index in [9.17, 15) is 5.11 Å². The van der Waals surface area contributed by atoms with Crippen LogP contribution in [0.1, 0.15) is 32.6 Å². The fourth-order valence-corrected chi connectivity index (χ4v) is 2.83. The molecule has 1 aromatic carbocycles. The molecule has 0 amide bonds. The van der Waals surface area contributed by atoms with Crippen molar-refractivity contribution >= 4 is 0 Å². The van der Waals surface area contributed by atoms with E-state index in [0.29, 0.717) is 6.61 Å². The maximum absolute atomic E-state index is 10.4. The van der Waals surface area contributed by atoms with Gasteiger partial charge in [0.2, 0.25) is 0 Å². The number of rotatable bonds is 5. The molecule has 0 aliphatic carbocycles. The molecule has 1 aliphatic rings. The third-order valence-corrected chi connectivity index (χ3v) is 3.93. The average molecular weight is 263 g/mol. The summed E-state index contributed by atoms with van der Waals surface area (Å²) in [6.07, 6.45) is 4.41. The third kappa shape index (κ3) is 4.22. The molecule has 3 heteroatoms. The molecular weight excluding hydrogens is 238 g/mol. The van der Waals surface area contributed by atoms with Crippen molar-refractivity contribution in [3.63, 3.8) is 0 Å². The van der Waals surface area contributed by atoms with Gasteiger partial charge in [0.25, 0.3) is 0 Å². The first kappa shape index (κ1) is 14.4. The zero-order valence-corrected chi connectivity index (χ0v) is 11.8. The van der Waals surface area contributed by atoms with Crippen molar-refractivity contribution in [1.82, 2.24) is 4.90 Å². The van der Waals surface area contributed by atoms with Gasteiger partial charge in [-0.2, -0.15) is 0 Å². The molecular formula is C16H25NO2. The number of ether oxygens (including phenoxy) is 1. The molecule has 1 N–H and O–H groups in total. The summed E-state index contributed by atoms with van der Waals surface area (Å²) in [5, 5.41) is 10.4. The van der Waals surface area contributed by atoms with Crippen LogP contribution in [-0.2, 0) is 0 Å². The first-order valence-corrected chi connectivity index (χ1v) is 7.41. The van der Waals surface area contributed by atoms with Crippen molar-refractivity contribution in [1.29, 1.82) is 0 Å². The van der Waals surface area contributed by atoms with Crippen LogP contribution in [-0.4, -0.2) is 41.8 Å². The second-order valence-electron chi connectivity index (χ2n) is 5.24. The predicted molar refractivity (Wildman–Crippen MR) is 77.4 cm³/mol. The summed E-state index contributed by atoms with van der Waals surface area (Å²) in [5.74, 6) is 0.832. The van der Waals surface area contributed by atoms with E-state index in [4.69, 9.17) is 4.74 Å². The molecule has 19 heavy (non-hydrogen) atoms. The summed E-state index contributed by atoms with van der Waals surface area (Å²) in [6.45, 7) is 4.66. The van der Waals surface area contributed by atoms with Crippen LogP contribution in [0.3, 0.4) is 0 Å². The Hall–Kier alpha value is -1.06. The van der Waals surface area contributed by atoms with E-state index in [1.807, 2.05) is 30.3 Å². The molecule has 0 spiro atoms. The van der Waals surface area contributed by atoms with Gasteiger partial charge in [-0.3, -0.25) is 4.90 Å². The number of aliphatic hydroxyl groups is 1. The van der Waals surface area contributed by atoms with Gasteiger partial charge in [0.1, 0.15) is 18.5 Å². The topological polar surface area (TPSA) is 32.7 Å². The van der Waals surface area contributed by atoms with Crippen molar-refractivity contribution in [2.45, 2.75) is 44.8 Å². The fourth-order valence-electron chi connectivity index (χ4n) is 2.83. The monoisotopic (exact) mass is 263 g/mol. The standard InChI is InChI=1S/C16H25NO2/c1-2-17-12-8-4-7-11-15(17)16(18)13-19-14-9-5-3-6-10-14/h3,5-6,9-10,15-16,18H,2,4,7-8,11-13H2,1H3. The fraction of sp³-hybridized carbons (Fsp3) is 0.625. The summed E-state index contributed by atoms with van der Waals surface area (Å²) >= 11 is 0. The van der Waals surface area contributed by atoms with E-state index in [-0.39, 0.29) is 6.04 Å². The molecule has 0 bridgehead atoms. The lowest BCUT2D eigenvalue weighted by Gasteiger charge is -2.32. The number of likely N-dealkylation sites (N-methyl/N-ethyl adjacent to an activating group) is 1. The van der Waals surface area contributed by atoms with Gasteiger partial charge < -0.3 is 9.84 Å². The van der Waals surface area contributed by atoms with E-state index >= 15 is 0 Å². The summed E-state index contributed by atoms with van der Waals surface area (Å²) < 4.78 is 5.68. The molecule has 1 fully saturated rings. The summed E-state index contributed by atoms with van der Waals surface area (Å²) in [7, 11) is 0. The minimum Gasteiger partial charge on any atom is -0.491 e. The van der Waals surface area contributed by atoms with E-state index in [1.54, 1.807) is 0 Å². The average Bonchev–Trinajstić information content (AvgIpc) is 2.71. The lowest BCUT2D eigenvalue weighted by Crippen LogP contribution is -2.45. The Labute approximate surface area is 116 Å². The highest BCUT2D eigenvalue weighted by Crippen LogP contribution is 2.20. The van der Waals surface area contributed by atoms with Crippen molar-refractivity contribution in [2.24, 2.45) is 0 Å². The first-order valence-electron chi connectivity index (χ1n) is 7.41. The lowest BCUT2D eigenvalue weighted by atomic mass is 10.0. The lowest BCUT2D eigenvalue weighted by molar-refractivity contribution is 0.0198. The number of nitrogens with zero attached hydrogens (tertiary/aromatic N) is 1. The number of likely N-dealkylation sites (tertiary alicyclic amines) is 1. The van der Waals surface area contributed by atoms with Crippen LogP contribution in [0.2, 0.25) is 0 Å². The van der Waals surface area contributed by atoms with E-state index in [1.165, 1.54) is 19.3 Å².